The molecule has 0 aromatic rings. The van der Waals surface area contributed by atoms with Crippen LogP contribution in [0.15, 0.2) is 0 Å². The van der Waals surface area contributed by atoms with Crippen molar-refractivity contribution >= 4 is 12.0 Å². The number of nitrogens with one attached hydrogen (secondary N) is 2. The van der Waals surface area contributed by atoms with Gasteiger partial charge in [-0.3, -0.25) is 4.79 Å². The molecule has 1 fully saturated rings. The van der Waals surface area contributed by atoms with E-state index in [0.717, 1.165) is 18.8 Å². The van der Waals surface area contributed by atoms with Crippen molar-refractivity contribution in [3.8, 4) is 0 Å². The molecule has 0 bridgehead atoms. The van der Waals surface area contributed by atoms with Gasteiger partial charge in [-0.15, -0.1) is 0 Å². The molecule has 1 aliphatic rings. The molecule has 1 saturated carbocycles. The maximum absolute atomic E-state index is 11.5. The van der Waals surface area contributed by atoms with Crippen LogP contribution in [0.3, 0.4) is 0 Å². The van der Waals surface area contributed by atoms with Crippen molar-refractivity contribution in [3.05, 3.63) is 0 Å². The molecule has 0 heterocycles. The van der Waals surface area contributed by atoms with Gasteiger partial charge in [0, 0.05) is 6.04 Å². The maximum atomic E-state index is 11.5. The third-order valence-electron chi connectivity index (χ3n) is 3.46. The van der Waals surface area contributed by atoms with Gasteiger partial charge < -0.3 is 15.4 Å². The first-order valence-corrected chi connectivity index (χ1v) is 6.85. The van der Waals surface area contributed by atoms with E-state index < -0.39 is 5.97 Å². The van der Waals surface area contributed by atoms with Crippen LogP contribution in [0, 0.1) is 5.92 Å². The van der Waals surface area contributed by atoms with Crippen LogP contribution in [0.4, 0.5) is 4.79 Å². The lowest BCUT2D eigenvalue weighted by Gasteiger charge is -2.28. The van der Waals surface area contributed by atoms with Gasteiger partial charge in [0.05, 0.1) is 6.61 Å². The Hall–Kier alpha value is -1.26. The molecule has 0 radical (unpaired) electrons. The van der Waals surface area contributed by atoms with Crippen molar-refractivity contribution in [3.63, 3.8) is 0 Å². The molecule has 18 heavy (non-hydrogen) atoms. The number of hydrogen-bond acceptors (Lipinski definition) is 3. The lowest BCUT2D eigenvalue weighted by atomic mass is 9.85. The predicted octanol–water partition coefficient (Wildman–Crippen LogP) is 1.82. The van der Waals surface area contributed by atoms with Crippen molar-refractivity contribution in [2.45, 2.75) is 52.0 Å². The summed E-state index contributed by atoms with van der Waals surface area (Å²) < 4.78 is 4.73. The van der Waals surface area contributed by atoms with E-state index in [9.17, 15) is 9.59 Å². The van der Waals surface area contributed by atoms with Crippen molar-refractivity contribution in [1.82, 2.24) is 10.6 Å². The fourth-order valence-electron chi connectivity index (χ4n) is 2.32. The fourth-order valence-corrected chi connectivity index (χ4v) is 2.32. The van der Waals surface area contributed by atoms with Crippen molar-refractivity contribution < 1.29 is 14.3 Å². The van der Waals surface area contributed by atoms with E-state index in [0.29, 0.717) is 6.61 Å². The zero-order chi connectivity index (χ0) is 13.4. The van der Waals surface area contributed by atoms with Crippen LogP contribution in [0.2, 0.25) is 0 Å². The molecular weight excluding hydrogens is 232 g/mol. The number of carbonyl (C=O) groups is 2. The second-order valence-electron chi connectivity index (χ2n) is 4.76. The first kappa shape index (κ1) is 14.8. The highest BCUT2D eigenvalue weighted by atomic mass is 16.5. The molecule has 0 saturated heterocycles. The third kappa shape index (κ3) is 5.38. The van der Waals surface area contributed by atoms with Gasteiger partial charge in [0.15, 0.2) is 0 Å². The van der Waals surface area contributed by atoms with Crippen LogP contribution in [0.5, 0.6) is 0 Å². The van der Waals surface area contributed by atoms with Crippen LogP contribution in [0.1, 0.15) is 46.0 Å². The monoisotopic (exact) mass is 256 g/mol. The number of amides is 2. The summed E-state index contributed by atoms with van der Waals surface area (Å²) in [6.45, 7) is 4.22. The molecule has 0 unspecified atom stereocenters. The third-order valence-corrected chi connectivity index (χ3v) is 3.46. The molecule has 5 heteroatoms. The van der Waals surface area contributed by atoms with E-state index in [4.69, 9.17) is 4.74 Å². The Morgan fingerprint density at radius 2 is 1.83 bits per heavy atom. The number of carbonyl (C=O) groups excluding carboxylic acids is 2. The van der Waals surface area contributed by atoms with Crippen LogP contribution in [-0.4, -0.2) is 31.2 Å². The highest BCUT2D eigenvalue weighted by Crippen LogP contribution is 2.26. The molecule has 1 aliphatic carbocycles. The maximum Gasteiger partial charge on any atom is 0.325 e. The molecule has 0 aromatic heterocycles. The molecule has 0 aliphatic heterocycles. The van der Waals surface area contributed by atoms with Gasteiger partial charge in [0.1, 0.15) is 6.54 Å². The van der Waals surface area contributed by atoms with Crippen LogP contribution >= 0.6 is 0 Å². The van der Waals surface area contributed by atoms with Crippen molar-refractivity contribution in [2.75, 3.05) is 13.2 Å². The summed E-state index contributed by atoms with van der Waals surface area (Å²) in [6.07, 6.45) is 5.65. The smallest absolute Gasteiger partial charge is 0.325 e. The van der Waals surface area contributed by atoms with E-state index in [1.54, 1.807) is 6.92 Å². The topological polar surface area (TPSA) is 67.4 Å². The van der Waals surface area contributed by atoms with E-state index in [-0.39, 0.29) is 18.6 Å². The quantitative estimate of drug-likeness (QED) is 0.737. The summed E-state index contributed by atoms with van der Waals surface area (Å²) in [5, 5.41) is 5.42. The highest BCUT2D eigenvalue weighted by molar-refractivity contribution is 5.80. The average Bonchev–Trinajstić information content (AvgIpc) is 2.38. The fraction of sp³-hybridized carbons (Fsp3) is 0.846. The summed E-state index contributed by atoms with van der Waals surface area (Å²) in [5.41, 5.74) is 0. The van der Waals surface area contributed by atoms with Crippen LogP contribution < -0.4 is 10.6 Å². The Kier molecular flexibility index (Phi) is 6.54. The standard InChI is InChI=1S/C13H24N2O3/c1-3-10-5-7-11(8-6-10)15-13(17)14-9-12(16)18-4-2/h10-11H,3-9H2,1-2H3,(H2,14,15,17). The van der Waals surface area contributed by atoms with E-state index in [1.165, 1.54) is 19.3 Å². The second-order valence-corrected chi connectivity index (χ2v) is 4.76. The molecule has 5 nitrogen and oxygen atoms in total. The molecule has 0 spiro atoms. The second kappa shape index (κ2) is 7.95. The summed E-state index contributed by atoms with van der Waals surface area (Å²) in [5.74, 6) is 0.410. The van der Waals surface area contributed by atoms with Crippen molar-refractivity contribution in [1.29, 1.82) is 0 Å². The van der Waals surface area contributed by atoms with Gasteiger partial charge in [0.2, 0.25) is 0 Å². The summed E-state index contributed by atoms with van der Waals surface area (Å²) in [7, 11) is 0. The molecule has 0 aromatic carbocycles. The lowest BCUT2D eigenvalue weighted by Crippen LogP contribution is -2.45. The highest BCUT2D eigenvalue weighted by Gasteiger charge is 2.21. The summed E-state index contributed by atoms with van der Waals surface area (Å²) >= 11 is 0. The molecule has 2 amide bonds. The van der Waals surface area contributed by atoms with E-state index >= 15 is 0 Å². The SMILES string of the molecule is CCOC(=O)CNC(=O)NC1CCC(CC)CC1. The van der Waals surface area contributed by atoms with E-state index in [1.807, 2.05) is 0 Å². The van der Waals surface area contributed by atoms with Gasteiger partial charge in [-0.05, 0) is 38.5 Å². The predicted molar refractivity (Wildman–Crippen MR) is 69.2 cm³/mol. The zero-order valence-electron chi connectivity index (χ0n) is 11.3. The van der Waals surface area contributed by atoms with E-state index in [2.05, 4.69) is 17.6 Å². The number of rotatable bonds is 5. The van der Waals surface area contributed by atoms with Crippen LogP contribution in [0.25, 0.3) is 0 Å². The molecule has 104 valence electrons. The lowest BCUT2D eigenvalue weighted by molar-refractivity contribution is -0.141. The number of esters is 1. The Morgan fingerprint density at radius 3 is 2.39 bits per heavy atom. The van der Waals surface area contributed by atoms with Gasteiger partial charge in [0.25, 0.3) is 0 Å². The number of urea groups is 1. The van der Waals surface area contributed by atoms with Gasteiger partial charge in [-0.25, -0.2) is 4.79 Å². The van der Waals surface area contributed by atoms with Gasteiger partial charge in [-0.2, -0.15) is 0 Å². The summed E-state index contributed by atoms with van der Waals surface area (Å²) in [6, 6.07) is -0.0296. The minimum absolute atomic E-state index is 0.0655. The number of ether oxygens (including phenoxy) is 1. The first-order chi connectivity index (χ1) is 8.65. The van der Waals surface area contributed by atoms with Gasteiger partial charge in [-0.1, -0.05) is 13.3 Å². The normalized spacial score (nSPS) is 23.2. The molecule has 0 atom stereocenters. The Labute approximate surface area is 109 Å². The van der Waals surface area contributed by atoms with Crippen LogP contribution in [-0.2, 0) is 9.53 Å². The Balaban J connectivity index is 2.15. The first-order valence-electron chi connectivity index (χ1n) is 6.85. The average molecular weight is 256 g/mol. The summed E-state index contributed by atoms with van der Waals surface area (Å²) in [4.78, 5) is 22.6. The Morgan fingerprint density at radius 1 is 1.17 bits per heavy atom. The molecule has 1 rings (SSSR count). The largest absolute Gasteiger partial charge is 0.465 e. The van der Waals surface area contributed by atoms with Crippen molar-refractivity contribution in [2.24, 2.45) is 5.92 Å². The molecule has 2 N–H and O–H groups in total. The minimum atomic E-state index is -0.401. The van der Waals surface area contributed by atoms with Gasteiger partial charge >= 0.3 is 12.0 Å². The Bertz CT molecular complexity index is 273. The minimum Gasteiger partial charge on any atom is -0.465 e. The number of hydrogen-bond donors (Lipinski definition) is 2. The zero-order valence-corrected chi connectivity index (χ0v) is 11.3. The molecular formula is C13H24N2O3.